The van der Waals surface area contributed by atoms with E-state index in [4.69, 9.17) is 9.47 Å². The third-order valence-electron chi connectivity index (χ3n) is 4.53. The maximum absolute atomic E-state index is 5.50. The fourth-order valence-corrected chi connectivity index (χ4v) is 3.33. The van der Waals surface area contributed by atoms with E-state index in [2.05, 4.69) is 35.6 Å². The van der Waals surface area contributed by atoms with Gasteiger partial charge in [-0.1, -0.05) is 24.3 Å². The predicted octanol–water partition coefficient (Wildman–Crippen LogP) is 2.84. The van der Waals surface area contributed by atoms with E-state index in [9.17, 15) is 0 Å². The summed E-state index contributed by atoms with van der Waals surface area (Å²) in [5.41, 5.74) is 4.23. The second kappa shape index (κ2) is 6.84. The van der Waals surface area contributed by atoms with Gasteiger partial charge in [0.25, 0.3) is 0 Å². The molecule has 3 nitrogen and oxygen atoms in total. The van der Waals surface area contributed by atoms with Gasteiger partial charge >= 0.3 is 0 Å². The van der Waals surface area contributed by atoms with E-state index in [1.165, 1.54) is 36.0 Å². The standard InChI is InChI=1S/C19H23NO2/c1-21-16-11-10-15(19(12-16)22-2)13-20-18-9-5-7-14-6-3-4-8-17(14)18/h3-4,6,8,10-12,18,20H,5,7,9,13H2,1-2H3/p+1/t18-/m0/s1. The second-order valence-electron chi connectivity index (χ2n) is 5.82. The SMILES string of the molecule is COc1ccc(C[NH2+][C@H]2CCCc3ccccc32)c(OC)c1. The number of fused-ring (bicyclic) bond motifs is 1. The average Bonchev–Trinajstić information content (AvgIpc) is 2.59. The third kappa shape index (κ3) is 3.09. The fourth-order valence-electron chi connectivity index (χ4n) is 3.33. The minimum absolute atomic E-state index is 0.553. The maximum atomic E-state index is 5.50. The number of hydrogen-bond acceptors (Lipinski definition) is 2. The Bertz CT molecular complexity index is 639. The first-order valence-corrected chi connectivity index (χ1v) is 7.94. The Kier molecular flexibility index (Phi) is 4.64. The number of methoxy groups -OCH3 is 2. The number of ether oxygens (including phenoxy) is 2. The Morgan fingerprint density at radius 1 is 1.09 bits per heavy atom. The zero-order valence-corrected chi connectivity index (χ0v) is 13.3. The summed E-state index contributed by atoms with van der Waals surface area (Å²) in [5.74, 6) is 1.74. The molecule has 0 spiro atoms. The molecule has 0 aliphatic heterocycles. The summed E-state index contributed by atoms with van der Waals surface area (Å²) in [7, 11) is 3.40. The van der Waals surface area contributed by atoms with Gasteiger partial charge in [-0.05, 0) is 30.5 Å². The van der Waals surface area contributed by atoms with E-state index in [0.29, 0.717) is 6.04 Å². The number of benzene rings is 2. The molecule has 2 aromatic carbocycles. The van der Waals surface area contributed by atoms with E-state index >= 15 is 0 Å². The van der Waals surface area contributed by atoms with Gasteiger partial charge in [-0.2, -0.15) is 0 Å². The first-order valence-electron chi connectivity index (χ1n) is 7.94. The van der Waals surface area contributed by atoms with Gasteiger partial charge in [-0.25, -0.2) is 0 Å². The summed E-state index contributed by atoms with van der Waals surface area (Å²) >= 11 is 0. The number of quaternary nitrogens is 1. The van der Waals surface area contributed by atoms with Crippen molar-refractivity contribution >= 4 is 0 Å². The van der Waals surface area contributed by atoms with E-state index in [1.54, 1.807) is 14.2 Å². The number of rotatable bonds is 5. The Morgan fingerprint density at radius 3 is 2.77 bits per heavy atom. The summed E-state index contributed by atoms with van der Waals surface area (Å²) < 4.78 is 10.8. The van der Waals surface area contributed by atoms with Gasteiger partial charge in [0.15, 0.2) is 0 Å². The zero-order valence-electron chi connectivity index (χ0n) is 13.3. The highest BCUT2D eigenvalue weighted by Crippen LogP contribution is 2.28. The average molecular weight is 298 g/mol. The lowest BCUT2D eigenvalue weighted by Crippen LogP contribution is -2.84. The number of aryl methyl sites for hydroxylation is 1. The normalized spacial score (nSPS) is 16.9. The first kappa shape index (κ1) is 14.9. The number of hydrogen-bond donors (Lipinski definition) is 1. The van der Waals surface area contributed by atoms with Gasteiger partial charge in [0.05, 0.1) is 14.2 Å². The molecule has 0 saturated heterocycles. The molecule has 0 heterocycles. The molecule has 2 aromatic rings. The van der Waals surface area contributed by atoms with Crippen molar-refractivity contribution in [2.24, 2.45) is 0 Å². The summed E-state index contributed by atoms with van der Waals surface area (Å²) in [5, 5.41) is 2.43. The van der Waals surface area contributed by atoms with Gasteiger partial charge in [0.2, 0.25) is 0 Å². The van der Waals surface area contributed by atoms with Crippen LogP contribution in [0.25, 0.3) is 0 Å². The van der Waals surface area contributed by atoms with Crippen molar-refractivity contribution in [1.29, 1.82) is 0 Å². The van der Waals surface area contributed by atoms with Crippen molar-refractivity contribution in [3.63, 3.8) is 0 Å². The molecule has 0 bridgehead atoms. The molecule has 0 unspecified atom stereocenters. The van der Waals surface area contributed by atoms with Crippen LogP contribution in [-0.2, 0) is 13.0 Å². The lowest BCUT2D eigenvalue weighted by atomic mass is 9.87. The van der Waals surface area contributed by atoms with Gasteiger partial charge in [-0.15, -0.1) is 0 Å². The van der Waals surface area contributed by atoms with Crippen molar-refractivity contribution in [3.8, 4) is 11.5 Å². The summed E-state index contributed by atoms with van der Waals surface area (Å²) in [6, 6.07) is 15.5. The molecule has 1 atom stereocenters. The molecule has 3 heteroatoms. The lowest BCUT2D eigenvalue weighted by Gasteiger charge is -2.24. The monoisotopic (exact) mass is 298 g/mol. The molecule has 22 heavy (non-hydrogen) atoms. The van der Waals surface area contributed by atoms with Crippen LogP contribution in [-0.4, -0.2) is 14.2 Å². The zero-order chi connectivity index (χ0) is 15.4. The van der Waals surface area contributed by atoms with Crippen LogP contribution in [0.2, 0.25) is 0 Å². The summed E-state index contributed by atoms with van der Waals surface area (Å²) in [6.45, 7) is 0.923. The highest BCUT2D eigenvalue weighted by Gasteiger charge is 2.22. The van der Waals surface area contributed by atoms with Gasteiger partial charge in [-0.3, -0.25) is 0 Å². The minimum Gasteiger partial charge on any atom is -0.497 e. The van der Waals surface area contributed by atoms with Gasteiger partial charge in [0.1, 0.15) is 24.1 Å². The van der Waals surface area contributed by atoms with E-state index < -0.39 is 0 Å². The topological polar surface area (TPSA) is 35.1 Å². The van der Waals surface area contributed by atoms with E-state index in [-0.39, 0.29) is 0 Å². The molecular weight excluding hydrogens is 274 g/mol. The van der Waals surface area contributed by atoms with Crippen LogP contribution in [0.4, 0.5) is 0 Å². The van der Waals surface area contributed by atoms with E-state index in [0.717, 1.165) is 18.0 Å². The van der Waals surface area contributed by atoms with Crippen LogP contribution in [0, 0.1) is 0 Å². The van der Waals surface area contributed by atoms with Crippen LogP contribution in [0.1, 0.15) is 35.6 Å². The molecule has 0 radical (unpaired) electrons. The quantitative estimate of drug-likeness (QED) is 0.921. The molecule has 2 N–H and O–H groups in total. The number of nitrogens with two attached hydrogens (primary N) is 1. The highest BCUT2D eigenvalue weighted by atomic mass is 16.5. The van der Waals surface area contributed by atoms with Gasteiger partial charge in [0, 0.05) is 23.6 Å². The van der Waals surface area contributed by atoms with Crippen molar-refractivity contribution < 1.29 is 14.8 Å². The Hall–Kier alpha value is -2.00. The fraction of sp³-hybridized carbons (Fsp3) is 0.368. The van der Waals surface area contributed by atoms with Crippen molar-refractivity contribution in [3.05, 3.63) is 59.2 Å². The second-order valence-corrected chi connectivity index (χ2v) is 5.82. The van der Waals surface area contributed by atoms with Crippen molar-refractivity contribution in [2.75, 3.05) is 14.2 Å². The molecule has 0 aromatic heterocycles. The Labute approximate surface area is 132 Å². The maximum Gasteiger partial charge on any atom is 0.131 e. The molecule has 3 rings (SSSR count). The van der Waals surface area contributed by atoms with Crippen LogP contribution in [0.15, 0.2) is 42.5 Å². The largest absolute Gasteiger partial charge is 0.497 e. The van der Waals surface area contributed by atoms with Crippen LogP contribution >= 0.6 is 0 Å². The summed E-state index contributed by atoms with van der Waals surface area (Å²) in [6.07, 6.45) is 3.74. The van der Waals surface area contributed by atoms with Crippen LogP contribution in [0.5, 0.6) is 11.5 Å². The molecule has 0 saturated carbocycles. The third-order valence-corrected chi connectivity index (χ3v) is 4.53. The molecule has 1 aliphatic rings. The molecule has 1 aliphatic carbocycles. The predicted molar refractivity (Wildman–Crippen MR) is 87.3 cm³/mol. The molecule has 0 amide bonds. The highest BCUT2D eigenvalue weighted by molar-refractivity contribution is 5.40. The van der Waals surface area contributed by atoms with Crippen molar-refractivity contribution in [2.45, 2.75) is 31.8 Å². The van der Waals surface area contributed by atoms with Crippen LogP contribution < -0.4 is 14.8 Å². The van der Waals surface area contributed by atoms with E-state index in [1.807, 2.05) is 12.1 Å². The summed E-state index contributed by atoms with van der Waals surface area (Å²) in [4.78, 5) is 0. The molecule has 0 fully saturated rings. The lowest BCUT2D eigenvalue weighted by molar-refractivity contribution is -0.712. The van der Waals surface area contributed by atoms with Crippen LogP contribution in [0.3, 0.4) is 0 Å². The first-order chi connectivity index (χ1) is 10.8. The van der Waals surface area contributed by atoms with Crippen molar-refractivity contribution in [1.82, 2.24) is 0 Å². The smallest absolute Gasteiger partial charge is 0.131 e. The minimum atomic E-state index is 0.553. The molecule has 116 valence electrons. The Balaban J connectivity index is 1.73. The molecular formula is C19H24NO2+. The van der Waals surface area contributed by atoms with Gasteiger partial charge < -0.3 is 14.8 Å². The Morgan fingerprint density at radius 2 is 1.95 bits per heavy atom.